The third-order valence-electron chi connectivity index (χ3n) is 4.52. The van der Waals surface area contributed by atoms with Crippen molar-refractivity contribution in [2.24, 2.45) is 7.05 Å². The van der Waals surface area contributed by atoms with Crippen molar-refractivity contribution in [1.82, 2.24) is 24.5 Å². The zero-order chi connectivity index (χ0) is 22.8. The lowest BCUT2D eigenvalue weighted by Crippen LogP contribution is -2.31. The number of ether oxygens (including phenoxy) is 1. The van der Waals surface area contributed by atoms with Gasteiger partial charge in [-0.1, -0.05) is 23.9 Å². The van der Waals surface area contributed by atoms with E-state index in [1.54, 1.807) is 35.7 Å². The molecule has 0 fully saturated rings. The number of aryl methyl sites for hydroxylation is 1. The molecule has 2 aromatic carbocycles. The van der Waals surface area contributed by atoms with Crippen molar-refractivity contribution in [3.8, 4) is 5.75 Å². The number of halogens is 2. The number of benzene rings is 2. The molecule has 0 saturated carbocycles. The first-order valence-electron chi connectivity index (χ1n) is 9.20. The van der Waals surface area contributed by atoms with Crippen LogP contribution in [0, 0.1) is 0 Å². The number of para-hydroxylation sites is 1. The number of alkyl halides is 2. The second-order valence-electron chi connectivity index (χ2n) is 6.57. The van der Waals surface area contributed by atoms with Crippen molar-refractivity contribution < 1.29 is 23.1 Å². The molecule has 2 heterocycles. The lowest BCUT2D eigenvalue weighted by atomic mass is 10.2. The van der Waals surface area contributed by atoms with E-state index in [4.69, 9.17) is 0 Å². The molecule has 0 unspecified atom stereocenters. The predicted molar refractivity (Wildman–Crippen MR) is 112 cm³/mol. The summed E-state index contributed by atoms with van der Waals surface area (Å²) in [4.78, 5) is 37.0. The van der Waals surface area contributed by atoms with E-state index in [1.165, 1.54) is 28.8 Å². The molecular weight excluding hydrogens is 444 g/mol. The Bertz CT molecular complexity index is 1380. The average molecular weight is 459 g/mol. The van der Waals surface area contributed by atoms with Gasteiger partial charge in [-0.25, -0.2) is 0 Å². The monoisotopic (exact) mass is 459 g/mol. The van der Waals surface area contributed by atoms with Crippen LogP contribution in [0.5, 0.6) is 5.75 Å². The molecule has 2 amide bonds. The van der Waals surface area contributed by atoms with Crippen LogP contribution in [0.3, 0.4) is 0 Å². The maximum Gasteiger partial charge on any atom is 0.387 e. The van der Waals surface area contributed by atoms with Crippen molar-refractivity contribution in [3.05, 3.63) is 64.4 Å². The highest BCUT2D eigenvalue weighted by molar-refractivity contribution is 7.99. The van der Waals surface area contributed by atoms with Crippen molar-refractivity contribution in [3.63, 3.8) is 0 Å². The minimum Gasteiger partial charge on any atom is -0.435 e. The van der Waals surface area contributed by atoms with Gasteiger partial charge in [0.1, 0.15) is 5.75 Å². The van der Waals surface area contributed by atoms with E-state index in [2.05, 4.69) is 20.3 Å². The van der Waals surface area contributed by atoms with Crippen LogP contribution in [0.15, 0.2) is 58.5 Å². The van der Waals surface area contributed by atoms with Crippen LogP contribution in [0.25, 0.3) is 16.7 Å². The minimum absolute atomic E-state index is 0.0984. The van der Waals surface area contributed by atoms with Crippen molar-refractivity contribution >= 4 is 40.3 Å². The van der Waals surface area contributed by atoms with E-state index in [-0.39, 0.29) is 22.6 Å². The number of nitrogens with zero attached hydrogens (tertiary/aromatic N) is 4. The Morgan fingerprint density at radius 3 is 2.56 bits per heavy atom. The Balaban J connectivity index is 1.47. The molecule has 0 spiro atoms. The van der Waals surface area contributed by atoms with Gasteiger partial charge < -0.3 is 4.74 Å². The normalized spacial score (nSPS) is 11.2. The number of amides is 2. The van der Waals surface area contributed by atoms with Gasteiger partial charge in [-0.3, -0.25) is 28.7 Å². The smallest absolute Gasteiger partial charge is 0.387 e. The number of imide groups is 1. The first-order chi connectivity index (χ1) is 15.3. The molecule has 1 N–H and O–H groups in total. The Morgan fingerprint density at radius 1 is 1.12 bits per heavy atom. The summed E-state index contributed by atoms with van der Waals surface area (Å²) in [6.45, 7) is -2.97. The lowest BCUT2D eigenvalue weighted by Gasteiger charge is -2.08. The molecule has 4 rings (SSSR count). The molecule has 0 atom stereocenters. The molecule has 0 radical (unpaired) electrons. The fraction of sp³-hybridized carbons (Fsp3) is 0.150. The molecule has 32 heavy (non-hydrogen) atoms. The second-order valence-corrected chi connectivity index (χ2v) is 7.51. The highest BCUT2D eigenvalue weighted by atomic mass is 32.2. The van der Waals surface area contributed by atoms with Gasteiger partial charge in [0, 0.05) is 12.6 Å². The molecule has 0 aliphatic heterocycles. The van der Waals surface area contributed by atoms with Crippen LogP contribution >= 0.6 is 11.8 Å². The number of hydrogen-bond donors (Lipinski definition) is 1. The fourth-order valence-electron chi connectivity index (χ4n) is 3.06. The summed E-state index contributed by atoms with van der Waals surface area (Å²) in [5.41, 5.74) is 0.491. The van der Waals surface area contributed by atoms with Crippen molar-refractivity contribution in [1.29, 1.82) is 0 Å². The number of hydrogen-bond acceptors (Lipinski definition) is 7. The average Bonchev–Trinajstić information content (AvgIpc) is 3.20. The molecule has 9 nitrogen and oxygen atoms in total. The zero-order valence-electron chi connectivity index (χ0n) is 16.5. The molecule has 0 aliphatic rings. The molecule has 12 heteroatoms. The van der Waals surface area contributed by atoms with Crippen LogP contribution in [0.4, 0.5) is 8.78 Å². The Kier molecular flexibility index (Phi) is 5.86. The van der Waals surface area contributed by atoms with Gasteiger partial charge in [-0.15, -0.1) is 10.2 Å². The minimum atomic E-state index is -2.97. The quantitative estimate of drug-likeness (QED) is 0.441. The van der Waals surface area contributed by atoms with E-state index in [1.807, 2.05) is 0 Å². The van der Waals surface area contributed by atoms with Gasteiger partial charge in [-0.05, 0) is 36.4 Å². The van der Waals surface area contributed by atoms with Crippen molar-refractivity contribution in [2.75, 3.05) is 5.75 Å². The molecule has 164 valence electrons. The highest BCUT2D eigenvalue weighted by Gasteiger charge is 2.17. The van der Waals surface area contributed by atoms with Gasteiger partial charge in [-0.2, -0.15) is 8.78 Å². The summed E-state index contributed by atoms with van der Waals surface area (Å²) in [7, 11) is 1.58. The maximum atomic E-state index is 12.5. The summed E-state index contributed by atoms with van der Waals surface area (Å²) in [5.74, 6) is -1.19. The first kappa shape index (κ1) is 21.4. The maximum absolute atomic E-state index is 12.5. The predicted octanol–water partition coefficient (Wildman–Crippen LogP) is 2.23. The largest absolute Gasteiger partial charge is 0.435 e. The number of fused-ring (bicyclic) bond motifs is 3. The van der Waals surface area contributed by atoms with Crippen molar-refractivity contribution in [2.45, 2.75) is 11.8 Å². The van der Waals surface area contributed by atoms with Gasteiger partial charge in [0.05, 0.1) is 16.7 Å². The highest BCUT2D eigenvalue weighted by Crippen LogP contribution is 2.21. The standard InChI is InChI=1S/C20H15F2N5O4S/c1-26-17(30)13-4-2-3-5-14(13)27-19(26)24-25-20(27)32-10-15(28)23-16(29)11-6-8-12(9-7-11)31-18(21)22/h2-9,18H,10H2,1H3,(H,23,28,29). The Morgan fingerprint density at radius 2 is 1.84 bits per heavy atom. The van der Waals surface area contributed by atoms with Crippen LogP contribution in [0.2, 0.25) is 0 Å². The number of aromatic nitrogens is 4. The van der Waals surface area contributed by atoms with Gasteiger partial charge in [0.2, 0.25) is 11.7 Å². The van der Waals surface area contributed by atoms with E-state index in [0.717, 1.165) is 11.8 Å². The number of thioether (sulfide) groups is 1. The van der Waals surface area contributed by atoms with Gasteiger partial charge >= 0.3 is 6.61 Å². The number of nitrogens with one attached hydrogen (secondary N) is 1. The topological polar surface area (TPSA) is 108 Å². The lowest BCUT2D eigenvalue weighted by molar-refractivity contribution is -0.117. The third-order valence-corrected chi connectivity index (χ3v) is 5.45. The molecular formula is C20H15F2N5O4S. The molecule has 2 aromatic heterocycles. The third kappa shape index (κ3) is 4.17. The summed E-state index contributed by atoms with van der Waals surface area (Å²) < 4.78 is 31.7. The van der Waals surface area contributed by atoms with Gasteiger partial charge in [0.25, 0.3) is 11.5 Å². The van der Waals surface area contributed by atoms with Crippen LogP contribution in [0.1, 0.15) is 10.4 Å². The van der Waals surface area contributed by atoms with Crippen LogP contribution in [-0.4, -0.2) is 43.3 Å². The van der Waals surface area contributed by atoms with Gasteiger partial charge in [0.15, 0.2) is 5.16 Å². The number of carbonyl (C=O) groups is 2. The molecule has 0 aliphatic carbocycles. The SMILES string of the molecule is Cn1c(=O)c2ccccc2n2c(SCC(=O)NC(=O)c3ccc(OC(F)F)cc3)nnc12. The zero-order valence-corrected chi connectivity index (χ0v) is 17.3. The van der Waals surface area contributed by atoms with E-state index >= 15 is 0 Å². The molecule has 4 aromatic rings. The summed E-state index contributed by atoms with van der Waals surface area (Å²) in [6, 6.07) is 11.9. The molecule has 0 saturated heterocycles. The van der Waals surface area contributed by atoms with Crippen LogP contribution in [-0.2, 0) is 11.8 Å². The van der Waals surface area contributed by atoms with E-state index in [9.17, 15) is 23.2 Å². The van der Waals surface area contributed by atoms with E-state index in [0.29, 0.717) is 21.8 Å². The Labute approximate surface area is 183 Å². The summed E-state index contributed by atoms with van der Waals surface area (Å²) in [6.07, 6.45) is 0. The number of rotatable bonds is 6. The number of carbonyl (C=O) groups excluding carboxylic acids is 2. The van der Waals surface area contributed by atoms with E-state index < -0.39 is 18.4 Å². The molecule has 0 bridgehead atoms. The summed E-state index contributed by atoms with van der Waals surface area (Å²) >= 11 is 1.05. The fourth-order valence-corrected chi connectivity index (χ4v) is 3.80. The summed E-state index contributed by atoms with van der Waals surface area (Å²) in [5, 5.41) is 11.2. The second kappa shape index (κ2) is 8.75. The Hall–Kier alpha value is -3.80. The van der Waals surface area contributed by atoms with Crippen LogP contribution < -0.4 is 15.6 Å². The first-order valence-corrected chi connectivity index (χ1v) is 10.2.